The van der Waals surface area contributed by atoms with Gasteiger partial charge in [0.05, 0.1) is 6.10 Å². The molecule has 0 saturated heterocycles. The summed E-state index contributed by atoms with van der Waals surface area (Å²) in [4.78, 5) is 0. The second-order valence-corrected chi connectivity index (χ2v) is 9.42. The smallest absolute Gasteiger partial charge is 0.162 e. The van der Waals surface area contributed by atoms with Crippen molar-refractivity contribution in [3.63, 3.8) is 0 Å². The van der Waals surface area contributed by atoms with Crippen molar-refractivity contribution < 1.29 is 18.3 Å². The minimum atomic E-state index is -0.591. The quantitative estimate of drug-likeness (QED) is 0.363. The number of benzene rings is 1. The lowest BCUT2D eigenvalue weighted by Crippen LogP contribution is -2.22. The summed E-state index contributed by atoms with van der Waals surface area (Å²) in [5.74, 6) is -0.100. The van der Waals surface area contributed by atoms with E-state index in [9.17, 15) is 8.78 Å². The molecule has 2 nitrogen and oxygen atoms in total. The van der Waals surface area contributed by atoms with Crippen LogP contribution in [0.2, 0.25) is 0 Å². The number of halogens is 2. The summed E-state index contributed by atoms with van der Waals surface area (Å²) < 4.78 is 41.0. The van der Waals surface area contributed by atoms with Crippen molar-refractivity contribution in [3.8, 4) is 0 Å². The topological polar surface area (TPSA) is 18.5 Å². The van der Waals surface area contributed by atoms with E-state index in [0.29, 0.717) is 11.1 Å². The molecule has 0 unspecified atom stereocenters. The monoisotopic (exact) mass is 422 g/mol. The van der Waals surface area contributed by atoms with E-state index in [1.54, 1.807) is 7.11 Å². The molecular weight excluding hydrogens is 382 g/mol. The third kappa shape index (κ3) is 6.26. The first-order chi connectivity index (χ1) is 14.6. The van der Waals surface area contributed by atoms with Crippen LogP contribution in [-0.2, 0) is 9.47 Å². The predicted molar refractivity (Wildman–Crippen MR) is 118 cm³/mol. The normalized spacial score (nSPS) is 27.3. The molecule has 0 heterocycles. The fraction of sp³-hybridized carbons (Fsp3) is 0.769. The maximum atomic E-state index is 15.0. The Morgan fingerprint density at radius 3 is 1.87 bits per heavy atom. The first-order valence-corrected chi connectivity index (χ1v) is 12.2. The Balaban J connectivity index is 1.51. The van der Waals surface area contributed by atoms with Crippen LogP contribution in [0, 0.1) is 17.6 Å². The van der Waals surface area contributed by atoms with Gasteiger partial charge in [-0.05, 0) is 93.1 Å². The minimum absolute atomic E-state index is 0.113. The van der Waals surface area contributed by atoms with Crippen molar-refractivity contribution in [2.75, 3.05) is 20.3 Å². The highest BCUT2D eigenvalue weighted by molar-refractivity contribution is 5.32. The maximum absolute atomic E-state index is 15.0. The number of unbranched alkanes of at least 4 members (excludes halogenated alkanes) is 1. The Morgan fingerprint density at radius 1 is 0.800 bits per heavy atom. The van der Waals surface area contributed by atoms with E-state index in [2.05, 4.69) is 6.92 Å². The maximum Gasteiger partial charge on any atom is 0.162 e. The number of hydrogen-bond acceptors (Lipinski definition) is 2. The van der Waals surface area contributed by atoms with Gasteiger partial charge in [-0.15, -0.1) is 0 Å². The Hall–Kier alpha value is -1.00. The fourth-order valence-electron chi connectivity index (χ4n) is 5.52. The van der Waals surface area contributed by atoms with E-state index >= 15 is 0 Å². The van der Waals surface area contributed by atoms with Crippen molar-refractivity contribution in [3.05, 3.63) is 34.9 Å². The van der Waals surface area contributed by atoms with Crippen molar-refractivity contribution in [1.29, 1.82) is 0 Å². The van der Waals surface area contributed by atoms with Gasteiger partial charge in [0.1, 0.15) is 0 Å². The molecule has 0 atom stereocenters. The number of hydrogen-bond donors (Lipinski definition) is 0. The first-order valence-electron chi connectivity index (χ1n) is 12.2. The molecule has 0 aromatic heterocycles. The van der Waals surface area contributed by atoms with Gasteiger partial charge in [0.15, 0.2) is 11.6 Å². The lowest BCUT2D eigenvalue weighted by Gasteiger charge is -2.31. The van der Waals surface area contributed by atoms with Crippen LogP contribution in [0.1, 0.15) is 107 Å². The average Bonchev–Trinajstić information content (AvgIpc) is 2.77. The molecule has 0 N–H and O–H groups in total. The molecule has 170 valence electrons. The number of rotatable bonds is 10. The molecule has 0 amide bonds. The molecule has 0 aliphatic heterocycles. The summed E-state index contributed by atoms with van der Waals surface area (Å²) >= 11 is 0. The highest BCUT2D eigenvalue weighted by Crippen LogP contribution is 2.41. The Kier molecular flexibility index (Phi) is 9.58. The van der Waals surface area contributed by atoms with E-state index in [0.717, 1.165) is 83.3 Å². The van der Waals surface area contributed by atoms with Crippen molar-refractivity contribution in [2.24, 2.45) is 5.92 Å². The number of ether oxygens (including phenoxy) is 2. The molecule has 2 aliphatic rings. The minimum Gasteiger partial charge on any atom is -0.385 e. The summed E-state index contributed by atoms with van der Waals surface area (Å²) in [6, 6.07) is 3.76. The molecule has 0 bridgehead atoms. The zero-order valence-electron chi connectivity index (χ0n) is 18.9. The highest BCUT2D eigenvalue weighted by Gasteiger charge is 2.29. The summed E-state index contributed by atoms with van der Waals surface area (Å²) in [7, 11) is 1.72. The van der Waals surface area contributed by atoms with Gasteiger partial charge < -0.3 is 9.47 Å². The Labute approximate surface area is 181 Å². The lowest BCUT2D eigenvalue weighted by atomic mass is 9.76. The van der Waals surface area contributed by atoms with Crippen LogP contribution >= 0.6 is 0 Å². The third-order valence-corrected chi connectivity index (χ3v) is 7.34. The van der Waals surface area contributed by atoms with Crippen molar-refractivity contribution in [2.45, 2.75) is 102 Å². The van der Waals surface area contributed by atoms with Crippen LogP contribution in [-0.4, -0.2) is 26.4 Å². The van der Waals surface area contributed by atoms with Gasteiger partial charge in [-0.25, -0.2) is 8.78 Å². The van der Waals surface area contributed by atoms with Gasteiger partial charge in [0, 0.05) is 20.3 Å². The van der Waals surface area contributed by atoms with Gasteiger partial charge in [-0.2, -0.15) is 0 Å². The molecule has 4 heteroatoms. The molecule has 30 heavy (non-hydrogen) atoms. The summed E-state index contributed by atoms with van der Waals surface area (Å²) in [6.07, 6.45) is 12.7. The van der Waals surface area contributed by atoms with E-state index in [1.165, 1.54) is 12.8 Å². The van der Waals surface area contributed by atoms with Crippen LogP contribution in [0.25, 0.3) is 0 Å². The van der Waals surface area contributed by atoms with E-state index in [4.69, 9.17) is 9.47 Å². The molecule has 2 saturated carbocycles. The van der Waals surface area contributed by atoms with Crippen LogP contribution in [0.3, 0.4) is 0 Å². The van der Waals surface area contributed by atoms with Crippen LogP contribution in [0.5, 0.6) is 0 Å². The van der Waals surface area contributed by atoms with Crippen LogP contribution < -0.4 is 0 Å². The van der Waals surface area contributed by atoms with Gasteiger partial charge in [0.25, 0.3) is 0 Å². The van der Waals surface area contributed by atoms with E-state index in [-0.39, 0.29) is 17.9 Å². The first kappa shape index (κ1) is 23.7. The second-order valence-electron chi connectivity index (χ2n) is 9.42. The average molecular weight is 423 g/mol. The Morgan fingerprint density at radius 2 is 1.33 bits per heavy atom. The van der Waals surface area contributed by atoms with E-state index < -0.39 is 11.6 Å². The number of methoxy groups -OCH3 is 1. The van der Waals surface area contributed by atoms with Crippen LogP contribution in [0.4, 0.5) is 8.78 Å². The van der Waals surface area contributed by atoms with Gasteiger partial charge >= 0.3 is 0 Å². The standard InChI is InChI=1S/C26H40F2O2/c1-3-6-19-7-9-20(10-8-19)23-15-16-24(26(28)25(23)27)21-11-13-22(14-12-21)30-18-5-4-17-29-2/h15-16,19-22H,3-14,17-18H2,1-2H3. The molecule has 2 aliphatic carbocycles. The van der Waals surface area contributed by atoms with Gasteiger partial charge in [0.2, 0.25) is 0 Å². The fourth-order valence-corrected chi connectivity index (χ4v) is 5.52. The second kappa shape index (κ2) is 12.1. The summed E-state index contributed by atoms with van der Waals surface area (Å²) in [5, 5.41) is 0. The molecule has 0 radical (unpaired) electrons. The summed E-state index contributed by atoms with van der Waals surface area (Å²) in [6.45, 7) is 3.76. The third-order valence-electron chi connectivity index (χ3n) is 7.34. The molecule has 3 rings (SSSR count). The highest BCUT2D eigenvalue weighted by atomic mass is 19.2. The molecule has 1 aromatic rings. The molecule has 2 fully saturated rings. The van der Waals surface area contributed by atoms with Crippen molar-refractivity contribution in [1.82, 2.24) is 0 Å². The SMILES string of the molecule is CCCC1CCC(c2ccc(C3CCC(OCCCCOC)CC3)c(F)c2F)CC1. The van der Waals surface area contributed by atoms with Gasteiger partial charge in [-0.3, -0.25) is 0 Å². The summed E-state index contributed by atoms with van der Waals surface area (Å²) in [5.41, 5.74) is 1.19. The zero-order chi connectivity index (χ0) is 21.3. The predicted octanol–water partition coefficient (Wildman–Crippen LogP) is 7.51. The van der Waals surface area contributed by atoms with Crippen molar-refractivity contribution >= 4 is 0 Å². The Bertz CT molecular complexity index is 632. The van der Waals surface area contributed by atoms with Gasteiger partial charge in [-0.1, -0.05) is 31.9 Å². The molecule has 0 spiro atoms. The van der Waals surface area contributed by atoms with E-state index in [1.807, 2.05) is 12.1 Å². The largest absolute Gasteiger partial charge is 0.385 e. The zero-order valence-corrected chi connectivity index (χ0v) is 18.9. The van der Waals surface area contributed by atoms with Crippen LogP contribution in [0.15, 0.2) is 12.1 Å². The molecule has 1 aromatic carbocycles. The molecular formula is C26H40F2O2. The lowest BCUT2D eigenvalue weighted by molar-refractivity contribution is 0.0202.